The number of benzene rings is 2. The van der Waals surface area contributed by atoms with Crippen LogP contribution >= 0.6 is 0 Å². The van der Waals surface area contributed by atoms with Gasteiger partial charge in [-0.2, -0.15) is 0 Å². The van der Waals surface area contributed by atoms with E-state index in [9.17, 15) is 4.79 Å². The summed E-state index contributed by atoms with van der Waals surface area (Å²) in [5.41, 5.74) is 3.11. The average Bonchev–Trinajstić information content (AvgIpc) is 2.85. The molecule has 0 atom stereocenters. The number of amides is 1. The third-order valence-electron chi connectivity index (χ3n) is 6.53. The Labute approximate surface area is 174 Å². The van der Waals surface area contributed by atoms with Crippen molar-refractivity contribution in [2.75, 3.05) is 20.6 Å². The van der Waals surface area contributed by atoms with Crippen LogP contribution in [0.1, 0.15) is 42.4 Å². The number of aryl methyl sites for hydroxylation is 1. The lowest BCUT2D eigenvalue weighted by Crippen LogP contribution is -2.51. The lowest BCUT2D eigenvalue weighted by Gasteiger charge is -2.43. The molecule has 1 aliphatic carbocycles. The van der Waals surface area contributed by atoms with E-state index in [1.165, 1.54) is 5.56 Å². The molecule has 2 aromatic carbocycles. The van der Waals surface area contributed by atoms with Crippen molar-refractivity contribution in [3.8, 4) is 5.75 Å². The Morgan fingerprint density at radius 3 is 2.62 bits per heavy atom. The highest BCUT2D eigenvalue weighted by Crippen LogP contribution is 2.39. The largest absolute Gasteiger partial charge is 0.485 e. The van der Waals surface area contributed by atoms with Gasteiger partial charge in [0.1, 0.15) is 11.4 Å². The van der Waals surface area contributed by atoms with Crippen LogP contribution in [-0.2, 0) is 17.8 Å². The fourth-order valence-corrected chi connectivity index (χ4v) is 4.80. The van der Waals surface area contributed by atoms with Crippen LogP contribution in [0.15, 0.2) is 48.5 Å². The van der Waals surface area contributed by atoms with Gasteiger partial charge in [0.25, 0.3) is 0 Å². The minimum Gasteiger partial charge on any atom is -0.485 e. The van der Waals surface area contributed by atoms with Gasteiger partial charge in [0, 0.05) is 18.2 Å². The van der Waals surface area contributed by atoms with Gasteiger partial charge in [0.15, 0.2) is 0 Å². The summed E-state index contributed by atoms with van der Waals surface area (Å²) in [5, 5.41) is 0. The summed E-state index contributed by atoms with van der Waals surface area (Å²) in [4.78, 5) is 17.7. The number of fused-ring (bicyclic) bond motifs is 1. The molecule has 0 saturated heterocycles. The number of para-hydroxylation sites is 1. The Bertz CT molecular complexity index is 869. The topological polar surface area (TPSA) is 32.8 Å². The van der Waals surface area contributed by atoms with E-state index in [1.807, 2.05) is 29.2 Å². The van der Waals surface area contributed by atoms with Crippen LogP contribution in [0.25, 0.3) is 0 Å². The summed E-state index contributed by atoms with van der Waals surface area (Å²) in [5.74, 6) is 1.13. The normalized spacial score (nSPS) is 24.1. The molecule has 154 valence electrons. The third kappa shape index (κ3) is 4.48. The van der Waals surface area contributed by atoms with Crippen LogP contribution < -0.4 is 4.74 Å². The zero-order chi connectivity index (χ0) is 20.4. The Balaban J connectivity index is 1.58. The lowest BCUT2D eigenvalue weighted by atomic mass is 9.81. The number of nitrogens with zero attached hydrogens (tertiary/aromatic N) is 2. The van der Waals surface area contributed by atoms with Crippen molar-refractivity contribution >= 4 is 5.91 Å². The monoisotopic (exact) mass is 392 g/mol. The average molecular weight is 393 g/mol. The Kier molecular flexibility index (Phi) is 5.64. The van der Waals surface area contributed by atoms with Crippen LogP contribution in [0.3, 0.4) is 0 Å². The van der Waals surface area contributed by atoms with Gasteiger partial charge in [-0.1, -0.05) is 48.0 Å². The number of carbonyl (C=O) groups excluding carboxylic acids is 1. The summed E-state index contributed by atoms with van der Waals surface area (Å²) >= 11 is 0. The lowest BCUT2D eigenvalue weighted by molar-refractivity contribution is -0.134. The highest BCUT2D eigenvalue weighted by molar-refractivity contribution is 5.79. The first-order valence-electron chi connectivity index (χ1n) is 10.7. The minimum atomic E-state index is -0.276. The van der Waals surface area contributed by atoms with E-state index in [2.05, 4.69) is 50.2 Å². The van der Waals surface area contributed by atoms with Crippen LogP contribution in [0, 0.1) is 6.92 Å². The van der Waals surface area contributed by atoms with E-state index in [4.69, 9.17) is 4.74 Å². The smallest absolute Gasteiger partial charge is 0.227 e. The maximum absolute atomic E-state index is 13.3. The zero-order valence-corrected chi connectivity index (χ0v) is 17.9. The van der Waals surface area contributed by atoms with Crippen molar-refractivity contribution in [3.05, 3.63) is 65.2 Å². The zero-order valence-electron chi connectivity index (χ0n) is 17.9. The molecule has 0 N–H and O–H groups in total. The van der Waals surface area contributed by atoms with Gasteiger partial charge in [-0.3, -0.25) is 4.79 Å². The predicted octanol–water partition coefficient (Wildman–Crippen LogP) is 4.20. The SMILES string of the molecule is Cc1cccc(CC(=O)N2Cc3ccccc3OC3(CCC(N(C)C)CC3)C2)c1. The summed E-state index contributed by atoms with van der Waals surface area (Å²) in [6, 6.07) is 17.1. The van der Waals surface area contributed by atoms with E-state index in [0.29, 0.717) is 25.6 Å². The van der Waals surface area contributed by atoms with Gasteiger partial charge in [-0.15, -0.1) is 0 Å². The molecule has 4 rings (SSSR count). The predicted molar refractivity (Wildman–Crippen MR) is 116 cm³/mol. The van der Waals surface area contributed by atoms with Crippen LogP contribution in [-0.4, -0.2) is 48.0 Å². The van der Waals surface area contributed by atoms with E-state index in [-0.39, 0.29) is 11.5 Å². The third-order valence-corrected chi connectivity index (χ3v) is 6.53. The molecule has 1 heterocycles. The highest BCUT2D eigenvalue weighted by Gasteiger charge is 2.42. The molecule has 1 amide bonds. The molecular formula is C25H32N2O2. The number of hydrogen-bond donors (Lipinski definition) is 0. The molecule has 2 aliphatic rings. The first kappa shape index (κ1) is 20.0. The van der Waals surface area contributed by atoms with Crippen molar-refractivity contribution in [1.82, 2.24) is 9.80 Å². The van der Waals surface area contributed by atoms with Crippen molar-refractivity contribution in [1.29, 1.82) is 0 Å². The molecule has 0 aromatic heterocycles. The number of rotatable bonds is 3. The molecule has 0 bridgehead atoms. The van der Waals surface area contributed by atoms with E-state index >= 15 is 0 Å². The minimum absolute atomic E-state index is 0.185. The molecule has 0 unspecified atom stereocenters. The van der Waals surface area contributed by atoms with Crippen LogP contribution in [0.2, 0.25) is 0 Å². The first-order valence-corrected chi connectivity index (χ1v) is 10.7. The van der Waals surface area contributed by atoms with Gasteiger partial charge in [-0.05, 0) is 58.3 Å². The van der Waals surface area contributed by atoms with Gasteiger partial charge in [0.2, 0.25) is 5.91 Å². The second-order valence-electron chi connectivity index (χ2n) is 9.00. The summed E-state index contributed by atoms with van der Waals surface area (Å²) < 4.78 is 6.65. The van der Waals surface area contributed by atoms with Gasteiger partial charge < -0.3 is 14.5 Å². The van der Waals surface area contributed by atoms with Gasteiger partial charge >= 0.3 is 0 Å². The molecule has 1 spiro atoms. The Hall–Kier alpha value is -2.33. The van der Waals surface area contributed by atoms with Crippen molar-refractivity contribution < 1.29 is 9.53 Å². The van der Waals surface area contributed by atoms with E-state index in [1.54, 1.807) is 0 Å². The van der Waals surface area contributed by atoms with E-state index < -0.39 is 0 Å². The van der Waals surface area contributed by atoms with Crippen LogP contribution in [0.5, 0.6) is 5.75 Å². The summed E-state index contributed by atoms with van der Waals surface area (Å²) in [6.07, 6.45) is 4.63. The second kappa shape index (κ2) is 8.19. The van der Waals surface area contributed by atoms with Crippen molar-refractivity contribution in [2.45, 2.75) is 57.2 Å². The quantitative estimate of drug-likeness (QED) is 0.785. The Morgan fingerprint density at radius 2 is 1.90 bits per heavy atom. The molecule has 4 nitrogen and oxygen atoms in total. The maximum atomic E-state index is 13.3. The number of carbonyl (C=O) groups is 1. The van der Waals surface area contributed by atoms with Crippen molar-refractivity contribution in [2.24, 2.45) is 0 Å². The van der Waals surface area contributed by atoms with E-state index in [0.717, 1.165) is 42.6 Å². The number of ether oxygens (including phenoxy) is 1. The second-order valence-corrected chi connectivity index (χ2v) is 9.00. The Morgan fingerprint density at radius 1 is 1.14 bits per heavy atom. The standard InChI is InChI=1S/C25H32N2O2/c1-19-7-6-8-20(15-19)16-24(28)27-17-21-9-4-5-10-23(21)29-25(18-27)13-11-22(12-14-25)26(2)3/h4-10,15,22H,11-14,16-18H2,1-3H3. The summed E-state index contributed by atoms with van der Waals surface area (Å²) in [7, 11) is 4.31. The molecular weight excluding hydrogens is 360 g/mol. The molecule has 1 fully saturated rings. The highest BCUT2D eigenvalue weighted by atomic mass is 16.5. The maximum Gasteiger partial charge on any atom is 0.227 e. The number of hydrogen-bond acceptors (Lipinski definition) is 3. The van der Waals surface area contributed by atoms with Crippen molar-refractivity contribution in [3.63, 3.8) is 0 Å². The molecule has 1 aliphatic heterocycles. The molecule has 0 radical (unpaired) electrons. The fourth-order valence-electron chi connectivity index (χ4n) is 4.80. The molecule has 29 heavy (non-hydrogen) atoms. The fraction of sp³-hybridized carbons (Fsp3) is 0.480. The molecule has 1 saturated carbocycles. The van der Waals surface area contributed by atoms with Gasteiger partial charge in [0.05, 0.1) is 13.0 Å². The molecule has 4 heteroatoms. The van der Waals surface area contributed by atoms with Gasteiger partial charge in [-0.25, -0.2) is 0 Å². The van der Waals surface area contributed by atoms with Crippen LogP contribution in [0.4, 0.5) is 0 Å². The first-order chi connectivity index (χ1) is 13.9. The summed E-state index contributed by atoms with van der Waals surface area (Å²) in [6.45, 7) is 3.37. The molecule has 2 aromatic rings.